The second-order valence-electron chi connectivity index (χ2n) is 17.7. The fourth-order valence-electron chi connectivity index (χ4n) is 9.74. The number of piperidine rings is 1. The van der Waals surface area contributed by atoms with E-state index in [0.717, 1.165) is 56.4 Å². The molecule has 1 atom stereocenters. The molecule has 4 aliphatic rings. The Morgan fingerprint density at radius 1 is 1.02 bits per heavy atom. The lowest BCUT2D eigenvalue weighted by Crippen LogP contribution is -2.61. The molecule has 0 unspecified atom stereocenters. The third-order valence-corrected chi connectivity index (χ3v) is 16.1. The number of hydrogen-bond acceptors (Lipinski definition) is 12. The number of nitrogens with one attached hydrogen (secondary N) is 1. The van der Waals surface area contributed by atoms with E-state index in [0.29, 0.717) is 57.8 Å². The second kappa shape index (κ2) is 16.3. The highest BCUT2D eigenvalue weighted by Crippen LogP contribution is 2.53. The number of hydrogen-bond donors (Lipinski definition) is 4. The number of aliphatic hydroxyl groups is 1. The molecule has 1 amide bonds. The standard InChI is InChI=1S/C41H56N8O8S2/c1-27(2)32-6-4-5-7-33(32)36-26-47(59(43,56)57)18-19-48(36)30-22-41(23-30)14-16-46(17-15-41)29-8-9-34(38(42)50)37(20-29)58(54,55)31-21-35(49(52)53)39(45-25-31)44-24-28-10-12-40(3,51)13-11-28/h4-9,20-21,25,27-28,30,36,51H,10-19,22-24,26H2,1-3H3,(H2,42,50)(H,44,45)(H2,43,56,57)/t28?,36-,40?/m0/s1. The average Bonchev–Trinajstić information content (AvgIpc) is 3.18. The van der Waals surface area contributed by atoms with Crippen LogP contribution in [0.2, 0.25) is 0 Å². The lowest BCUT2D eigenvalue weighted by Gasteiger charge is -2.58. The van der Waals surface area contributed by atoms with Crippen molar-refractivity contribution in [2.75, 3.05) is 49.5 Å². The van der Waals surface area contributed by atoms with E-state index in [9.17, 15) is 36.9 Å². The first-order valence-corrected chi connectivity index (χ1v) is 23.4. The van der Waals surface area contributed by atoms with Gasteiger partial charge in [-0.2, -0.15) is 12.7 Å². The van der Waals surface area contributed by atoms with E-state index in [4.69, 9.17) is 10.9 Å². The van der Waals surface area contributed by atoms with Gasteiger partial charge in [-0.25, -0.2) is 18.5 Å². The number of pyridine rings is 1. The SMILES string of the molecule is CC(C)c1ccccc1[C@@H]1CN(S(N)(=O)=O)CCN1C1CC2(CCN(c3ccc(C(N)=O)c(S(=O)(=O)c4cnc(NCC5CCC(C)(O)CC5)c([N+](=O)[O-])c4)c3)CC2)C1. The van der Waals surface area contributed by atoms with Gasteiger partial charge < -0.3 is 21.1 Å². The summed E-state index contributed by atoms with van der Waals surface area (Å²) < 4.78 is 54.6. The molecule has 16 nitrogen and oxygen atoms in total. The molecule has 2 saturated carbocycles. The Hall–Kier alpha value is -4.20. The zero-order chi connectivity index (χ0) is 42.5. The van der Waals surface area contributed by atoms with Gasteiger partial charge in [0.1, 0.15) is 0 Å². The molecule has 0 bridgehead atoms. The van der Waals surface area contributed by atoms with Gasteiger partial charge in [0.2, 0.25) is 21.6 Å². The number of primary amides is 1. The van der Waals surface area contributed by atoms with Crippen LogP contribution in [0.15, 0.2) is 64.5 Å². The third kappa shape index (κ3) is 8.98. The van der Waals surface area contributed by atoms with Crippen LogP contribution in [0.5, 0.6) is 0 Å². The van der Waals surface area contributed by atoms with Crippen LogP contribution in [0.4, 0.5) is 17.2 Å². The lowest BCUT2D eigenvalue weighted by atomic mass is 9.59. The van der Waals surface area contributed by atoms with E-state index in [1.165, 1.54) is 22.0 Å². The Balaban J connectivity index is 1.05. The molecule has 4 fully saturated rings. The number of piperazine rings is 1. The van der Waals surface area contributed by atoms with E-state index in [1.54, 1.807) is 13.0 Å². The van der Waals surface area contributed by atoms with Gasteiger partial charge in [0.15, 0.2) is 0 Å². The van der Waals surface area contributed by atoms with Crippen molar-refractivity contribution in [3.63, 3.8) is 0 Å². The number of nitrogens with zero attached hydrogens (tertiary/aromatic N) is 5. The van der Waals surface area contributed by atoms with Crippen LogP contribution in [0.1, 0.15) is 106 Å². The molecule has 3 heterocycles. The number of anilines is 2. The smallest absolute Gasteiger partial charge is 0.312 e. The molecule has 18 heteroatoms. The van der Waals surface area contributed by atoms with Gasteiger partial charge in [-0.3, -0.25) is 19.8 Å². The molecular formula is C41H56N8O8S2. The maximum absolute atomic E-state index is 14.2. The van der Waals surface area contributed by atoms with Crippen molar-refractivity contribution < 1.29 is 31.7 Å². The number of nitrogens with two attached hydrogens (primary N) is 2. The Bertz CT molecular complexity index is 2300. The average molecular weight is 853 g/mol. The van der Waals surface area contributed by atoms with Crippen molar-refractivity contribution in [3.05, 3.63) is 81.5 Å². The second-order valence-corrected chi connectivity index (χ2v) is 21.1. The largest absolute Gasteiger partial charge is 0.390 e. The summed E-state index contributed by atoms with van der Waals surface area (Å²) in [6.07, 6.45) is 7.40. The van der Waals surface area contributed by atoms with Crippen LogP contribution in [0.25, 0.3) is 0 Å². The van der Waals surface area contributed by atoms with Crippen molar-refractivity contribution >= 4 is 43.1 Å². The summed E-state index contributed by atoms with van der Waals surface area (Å²) in [7, 11) is -8.34. The highest BCUT2D eigenvalue weighted by molar-refractivity contribution is 7.91. The molecule has 2 saturated heterocycles. The highest BCUT2D eigenvalue weighted by Gasteiger charge is 2.50. The van der Waals surface area contributed by atoms with Crippen LogP contribution < -0.4 is 21.1 Å². The van der Waals surface area contributed by atoms with Crippen LogP contribution in [-0.4, -0.2) is 97.9 Å². The first-order chi connectivity index (χ1) is 27.8. The van der Waals surface area contributed by atoms with Crippen molar-refractivity contribution in [2.45, 2.75) is 106 Å². The number of sulfone groups is 1. The summed E-state index contributed by atoms with van der Waals surface area (Å²) in [5, 5.41) is 31.1. The quantitative estimate of drug-likeness (QED) is 0.143. The number of aromatic nitrogens is 1. The predicted octanol–water partition coefficient (Wildman–Crippen LogP) is 4.71. The number of rotatable bonds is 12. The number of carbonyl (C=O) groups is 1. The van der Waals surface area contributed by atoms with Crippen LogP contribution in [0.3, 0.4) is 0 Å². The van der Waals surface area contributed by atoms with Crippen LogP contribution in [-0.2, 0) is 20.0 Å². The fraction of sp³-hybridized carbons (Fsp3) is 0.561. The summed E-state index contributed by atoms with van der Waals surface area (Å²) in [6.45, 7) is 8.95. The van der Waals surface area contributed by atoms with Gasteiger partial charge in [-0.15, -0.1) is 0 Å². The molecule has 320 valence electrons. The molecule has 6 N–H and O–H groups in total. The Morgan fingerprint density at radius 2 is 1.69 bits per heavy atom. The number of nitro groups is 1. The number of amides is 1. The van der Waals surface area contributed by atoms with Gasteiger partial charge in [0.25, 0.3) is 10.2 Å². The maximum Gasteiger partial charge on any atom is 0.312 e. The minimum atomic E-state index is -4.49. The van der Waals surface area contributed by atoms with Crippen LogP contribution >= 0.6 is 0 Å². The molecule has 1 aromatic heterocycles. The predicted molar refractivity (Wildman–Crippen MR) is 224 cm³/mol. The Kier molecular flexibility index (Phi) is 11.9. The first kappa shape index (κ1) is 42.9. The monoisotopic (exact) mass is 852 g/mol. The summed E-state index contributed by atoms with van der Waals surface area (Å²) in [5.74, 6) is -0.572. The normalized spacial score (nSPS) is 24.5. The van der Waals surface area contributed by atoms with E-state index in [1.807, 2.05) is 12.1 Å². The van der Waals surface area contributed by atoms with E-state index in [2.05, 4.69) is 46.1 Å². The first-order valence-electron chi connectivity index (χ1n) is 20.4. The lowest BCUT2D eigenvalue weighted by molar-refractivity contribution is -0.384. The van der Waals surface area contributed by atoms with Gasteiger partial charge in [0, 0.05) is 69.3 Å². The molecule has 2 aliphatic heterocycles. The van der Waals surface area contributed by atoms with Gasteiger partial charge in [0.05, 0.1) is 25.9 Å². The molecule has 7 rings (SSSR count). The minimum absolute atomic E-state index is 0.0581. The number of carbonyl (C=O) groups excluding carboxylic acids is 1. The summed E-state index contributed by atoms with van der Waals surface area (Å²) in [5.41, 5.74) is 7.21. The van der Waals surface area contributed by atoms with E-state index >= 15 is 0 Å². The van der Waals surface area contributed by atoms with Gasteiger partial charge >= 0.3 is 5.69 Å². The maximum atomic E-state index is 14.2. The fourth-order valence-corrected chi connectivity index (χ4v) is 11.9. The molecule has 59 heavy (non-hydrogen) atoms. The van der Waals surface area contributed by atoms with Crippen molar-refractivity contribution in [1.29, 1.82) is 0 Å². The van der Waals surface area contributed by atoms with Crippen LogP contribution in [0, 0.1) is 21.4 Å². The molecule has 0 radical (unpaired) electrons. The van der Waals surface area contributed by atoms with Crippen molar-refractivity contribution in [3.8, 4) is 0 Å². The summed E-state index contributed by atoms with van der Waals surface area (Å²) in [6, 6.07) is 13.8. The minimum Gasteiger partial charge on any atom is -0.390 e. The Morgan fingerprint density at radius 3 is 2.32 bits per heavy atom. The zero-order valence-corrected chi connectivity index (χ0v) is 35.6. The summed E-state index contributed by atoms with van der Waals surface area (Å²) in [4.78, 5) is 32.0. The molecule has 3 aromatic rings. The molecule has 1 spiro atoms. The third-order valence-electron chi connectivity index (χ3n) is 13.3. The molecule has 2 aromatic carbocycles. The zero-order valence-electron chi connectivity index (χ0n) is 33.9. The number of benzene rings is 2. The summed E-state index contributed by atoms with van der Waals surface area (Å²) >= 11 is 0. The van der Waals surface area contributed by atoms with E-state index in [-0.39, 0.29) is 45.6 Å². The van der Waals surface area contributed by atoms with Crippen molar-refractivity contribution in [1.82, 2.24) is 14.2 Å². The van der Waals surface area contributed by atoms with Crippen molar-refractivity contribution in [2.24, 2.45) is 22.2 Å². The van der Waals surface area contributed by atoms with Gasteiger partial charge in [-0.05, 0) is 105 Å². The molecule has 2 aliphatic carbocycles. The highest BCUT2D eigenvalue weighted by atomic mass is 32.2. The Labute approximate surface area is 346 Å². The molecular weight excluding hydrogens is 797 g/mol. The van der Waals surface area contributed by atoms with E-state index < -0.39 is 47.1 Å². The van der Waals surface area contributed by atoms with Gasteiger partial charge in [-0.1, -0.05) is 38.1 Å². The topological polar surface area (TPSA) is 235 Å².